The molecule has 1 saturated carbocycles. The van der Waals surface area contributed by atoms with Crippen LogP contribution in [0.2, 0.25) is 0 Å². The Bertz CT molecular complexity index is 195. The molecular formula is C10H18N2O. The third kappa shape index (κ3) is 2.02. The summed E-state index contributed by atoms with van der Waals surface area (Å²) >= 11 is 0. The first-order valence-electron chi connectivity index (χ1n) is 5.33. The molecule has 2 rings (SSSR count). The van der Waals surface area contributed by atoms with E-state index in [0.29, 0.717) is 5.92 Å². The van der Waals surface area contributed by atoms with Gasteiger partial charge in [0.2, 0.25) is 5.91 Å². The van der Waals surface area contributed by atoms with E-state index in [9.17, 15) is 4.79 Å². The lowest BCUT2D eigenvalue weighted by Crippen LogP contribution is -2.46. The van der Waals surface area contributed by atoms with Crippen LogP contribution in [-0.2, 0) is 4.79 Å². The van der Waals surface area contributed by atoms with Crippen molar-refractivity contribution in [2.24, 2.45) is 11.7 Å². The highest BCUT2D eigenvalue weighted by Crippen LogP contribution is 2.32. The summed E-state index contributed by atoms with van der Waals surface area (Å²) in [6.07, 6.45) is 5.89. The van der Waals surface area contributed by atoms with Crippen molar-refractivity contribution in [3.05, 3.63) is 0 Å². The number of likely N-dealkylation sites (tertiary alicyclic amines) is 1. The highest BCUT2D eigenvalue weighted by atomic mass is 16.2. The Hall–Kier alpha value is -0.570. The first-order chi connectivity index (χ1) is 6.29. The number of rotatable bonds is 2. The Labute approximate surface area is 79.3 Å². The number of nitrogens with zero attached hydrogens (tertiary/aromatic N) is 1. The van der Waals surface area contributed by atoms with Gasteiger partial charge >= 0.3 is 0 Å². The lowest BCUT2D eigenvalue weighted by molar-refractivity contribution is -0.133. The number of carbonyl (C=O) groups excluding carboxylic acids is 1. The zero-order valence-corrected chi connectivity index (χ0v) is 8.04. The molecule has 2 aliphatic rings. The van der Waals surface area contributed by atoms with Gasteiger partial charge < -0.3 is 10.6 Å². The number of nitrogens with two attached hydrogens (primary N) is 1. The van der Waals surface area contributed by atoms with Crippen molar-refractivity contribution < 1.29 is 4.79 Å². The topological polar surface area (TPSA) is 46.3 Å². The van der Waals surface area contributed by atoms with Gasteiger partial charge in [-0.3, -0.25) is 4.79 Å². The fraction of sp³-hybridized carbons (Fsp3) is 0.900. The maximum Gasteiger partial charge on any atom is 0.239 e. The minimum Gasteiger partial charge on any atom is -0.341 e. The molecule has 1 aliphatic carbocycles. The summed E-state index contributed by atoms with van der Waals surface area (Å²) in [5, 5.41) is 0. The van der Waals surface area contributed by atoms with E-state index < -0.39 is 0 Å². The van der Waals surface area contributed by atoms with Crippen LogP contribution in [0, 0.1) is 5.92 Å². The van der Waals surface area contributed by atoms with Crippen LogP contribution in [0.3, 0.4) is 0 Å². The Morgan fingerprint density at radius 1 is 1.23 bits per heavy atom. The van der Waals surface area contributed by atoms with Gasteiger partial charge in [-0.15, -0.1) is 0 Å². The van der Waals surface area contributed by atoms with Gasteiger partial charge in [0.05, 0.1) is 6.04 Å². The summed E-state index contributed by atoms with van der Waals surface area (Å²) in [6.45, 7) is 1.86. The molecule has 3 nitrogen and oxygen atoms in total. The molecule has 0 spiro atoms. The molecule has 1 aliphatic heterocycles. The molecular weight excluding hydrogens is 164 g/mol. The molecule has 0 radical (unpaired) electrons. The predicted molar refractivity (Wildman–Crippen MR) is 51.1 cm³/mol. The van der Waals surface area contributed by atoms with E-state index in [1.54, 1.807) is 0 Å². The van der Waals surface area contributed by atoms with Crippen molar-refractivity contribution in [3.63, 3.8) is 0 Å². The highest BCUT2D eigenvalue weighted by molar-refractivity contribution is 5.82. The quantitative estimate of drug-likeness (QED) is 0.684. The molecule has 0 aromatic rings. The van der Waals surface area contributed by atoms with Crippen molar-refractivity contribution in [1.82, 2.24) is 4.90 Å². The molecule has 0 aromatic carbocycles. The summed E-state index contributed by atoms with van der Waals surface area (Å²) in [5.41, 5.74) is 5.86. The molecule has 1 heterocycles. The van der Waals surface area contributed by atoms with Gasteiger partial charge in [0.25, 0.3) is 0 Å². The van der Waals surface area contributed by atoms with Crippen LogP contribution in [0.25, 0.3) is 0 Å². The Morgan fingerprint density at radius 2 is 1.85 bits per heavy atom. The SMILES string of the molecule is NC(C(=O)N1CCCCC1)C1CC1. The lowest BCUT2D eigenvalue weighted by Gasteiger charge is -2.29. The molecule has 1 saturated heterocycles. The lowest BCUT2D eigenvalue weighted by atomic mass is 10.1. The van der Waals surface area contributed by atoms with Gasteiger partial charge in [-0.25, -0.2) is 0 Å². The maximum atomic E-state index is 11.8. The summed E-state index contributed by atoms with van der Waals surface area (Å²) in [7, 11) is 0. The van der Waals surface area contributed by atoms with Gasteiger partial charge in [0.1, 0.15) is 0 Å². The van der Waals surface area contributed by atoms with Crippen LogP contribution in [0.15, 0.2) is 0 Å². The van der Waals surface area contributed by atoms with E-state index in [-0.39, 0.29) is 11.9 Å². The molecule has 13 heavy (non-hydrogen) atoms. The molecule has 2 N–H and O–H groups in total. The number of hydrogen-bond donors (Lipinski definition) is 1. The Balaban J connectivity index is 1.86. The molecule has 1 atom stereocenters. The minimum atomic E-state index is -0.196. The number of carbonyl (C=O) groups is 1. The molecule has 0 aromatic heterocycles. The average molecular weight is 182 g/mol. The van der Waals surface area contributed by atoms with E-state index in [1.807, 2.05) is 4.90 Å². The second-order valence-electron chi connectivity index (χ2n) is 4.25. The fourth-order valence-corrected chi connectivity index (χ4v) is 1.98. The van der Waals surface area contributed by atoms with E-state index in [1.165, 1.54) is 6.42 Å². The zero-order chi connectivity index (χ0) is 9.26. The van der Waals surface area contributed by atoms with Crippen LogP contribution in [-0.4, -0.2) is 29.9 Å². The van der Waals surface area contributed by atoms with Crippen LogP contribution in [0.4, 0.5) is 0 Å². The van der Waals surface area contributed by atoms with Gasteiger partial charge in [-0.2, -0.15) is 0 Å². The number of hydrogen-bond acceptors (Lipinski definition) is 2. The first kappa shape index (κ1) is 9.00. The number of piperidine rings is 1. The van der Waals surface area contributed by atoms with Crippen molar-refractivity contribution in [3.8, 4) is 0 Å². The second kappa shape index (κ2) is 3.66. The van der Waals surface area contributed by atoms with Crippen LogP contribution >= 0.6 is 0 Å². The fourth-order valence-electron chi connectivity index (χ4n) is 1.98. The Morgan fingerprint density at radius 3 is 2.38 bits per heavy atom. The summed E-state index contributed by atoms with van der Waals surface area (Å²) in [4.78, 5) is 13.7. The second-order valence-corrected chi connectivity index (χ2v) is 4.25. The molecule has 2 fully saturated rings. The van der Waals surface area contributed by atoms with E-state index in [4.69, 9.17) is 5.73 Å². The van der Waals surface area contributed by atoms with Gasteiger partial charge in [-0.1, -0.05) is 0 Å². The molecule has 3 heteroatoms. The van der Waals surface area contributed by atoms with Crippen molar-refractivity contribution in [2.45, 2.75) is 38.1 Å². The van der Waals surface area contributed by atoms with E-state index in [2.05, 4.69) is 0 Å². The molecule has 0 bridgehead atoms. The summed E-state index contributed by atoms with van der Waals surface area (Å²) in [6, 6.07) is -0.196. The highest BCUT2D eigenvalue weighted by Gasteiger charge is 2.35. The Kier molecular flexibility index (Phi) is 2.54. The van der Waals surface area contributed by atoms with Crippen molar-refractivity contribution in [1.29, 1.82) is 0 Å². The van der Waals surface area contributed by atoms with Gasteiger partial charge in [-0.05, 0) is 38.0 Å². The summed E-state index contributed by atoms with van der Waals surface area (Å²) in [5.74, 6) is 0.691. The van der Waals surface area contributed by atoms with Gasteiger partial charge in [0, 0.05) is 13.1 Å². The third-order valence-corrected chi connectivity index (χ3v) is 3.08. The van der Waals surface area contributed by atoms with Crippen molar-refractivity contribution in [2.75, 3.05) is 13.1 Å². The van der Waals surface area contributed by atoms with E-state index >= 15 is 0 Å². The smallest absolute Gasteiger partial charge is 0.239 e. The predicted octanol–water partition coefficient (Wildman–Crippen LogP) is 0.736. The van der Waals surface area contributed by atoms with Crippen LogP contribution in [0.5, 0.6) is 0 Å². The average Bonchev–Trinajstić information content (AvgIpc) is 3.00. The third-order valence-electron chi connectivity index (χ3n) is 3.08. The van der Waals surface area contributed by atoms with Crippen molar-refractivity contribution >= 4 is 5.91 Å². The maximum absolute atomic E-state index is 11.8. The molecule has 1 unspecified atom stereocenters. The monoisotopic (exact) mass is 182 g/mol. The zero-order valence-electron chi connectivity index (χ0n) is 8.04. The van der Waals surface area contributed by atoms with Crippen LogP contribution < -0.4 is 5.73 Å². The normalized spacial score (nSPS) is 25.8. The first-order valence-corrected chi connectivity index (χ1v) is 5.33. The molecule has 1 amide bonds. The molecule has 74 valence electrons. The van der Waals surface area contributed by atoms with Crippen LogP contribution in [0.1, 0.15) is 32.1 Å². The van der Waals surface area contributed by atoms with Gasteiger partial charge in [0.15, 0.2) is 0 Å². The minimum absolute atomic E-state index is 0.196. The number of amides is 1. The largest absolute Gasteiger partial charge is 0.341 e. The van der Waals surface area contributed by atoms with E-state index in [0.717, 1.165) is 38.8 Å². The summed E-state index contributed by atoms with van der Waals surface area (Å²) < 4.78 is 0. The standard InChI is InChI=1S/C10H18N2O/c11-9(8-4-5-8)10(13)12-6-2-1-3-7-12/h8-9H,1-7,11H2.